The minimum atomic E-state index is -0.604. The van der Waals surface area contributed by atoms with Gasteiger partial charge in [0.2, 0.25) is 5.91 Å². The topological polar surface area (TPSA) is 104 Å². The van der Waals surface area contributed by atoms with E-state index in [1.165, 1.54) is 22.5 Å². The van der Waals surface area contributed by atoms with Crippen LogP contribution in [0.4, 0.5) is 5.82 Å². The standard InChI is InChI=1S/C30H23N5O2S/c1-20(29(37)33-27-18-28(36)35(34-27)23-15-9-4-10-16-23)38-30-25(19-31)24(21-11-5-2-6-12-21)17-26(32-30)22-13-7-3-8-14-22/h2-18,20,34H,1H3,(H,33,37). The Kier molecular flexibility index (Phi) is 7.20. The highest BCUT2D eigenvalue weighted by atomic mass is 32.2. The van der Waals surface area contributed by atoms with Gasteiger partial charge in [0, 0.05) is 17.2 Å². The highest BCUT2D eigenvalue weighted by Gasteiger charge is 2.22. The van der Waals surface area contributed by atoms with Crippen molar-refractivity contribution in [2.75, 3.05) is 5.32 Å². The van der Waals surface area contributed by atoms with Crippen LogP contribution in [-0.2, 0) is 4.79 Å². The first-order valence-corrected chi connectivity index (χ1v) is 12.8. The summed E-state index contributed by atoms with van der Waals surface area (Å²) in [6, 6.07) is 34.0. The molecule has 1 atom stereocenters. The summed E-state index contributed by atoms with van der Waals surface area (Å²) in [6.07, 6.45) is 0. The lowest BCUT2D eigenvalue weighted by molar-refractivity contribution is -0.115. The van der Waals surface area contributed by atoms with Crippen molar-refractivity contribution in [2.24, 2.45) is 0 Å². The largest absolute Gasteiger partial charge is 0.310 e. The predicted octanol–water partition coefficient (Wildman–Crippen LogP) is 5.89. The number of aromatic amines is 1. The fourth-order valence-corrected chi connectivity index (χ4v) is 4.93. The van der Waals surface area contributed by atoms with Crippen LogP contribution >= 0.6 is 11.8 Å². The SMILES string of the molecule is CC(Sc1nc(-c2ccccc2)cc(-c2ccccc2)c1C#N)C(=O)Nc1cc(=O)n(-c2ccccc2)[nH]1. The van der Waals surface area contributed by atoms with Crippen molar-refractivity contribution in [1.82, 2.24) is 14.8 Å². The van der Waals surface area contributed by atoms with Crippen LogP contribution in [0.2, 0.25) is 0 Å². The number of carbonyl (C=O) groups excluding carboxylic acids is 1. The molecule has 2 aromatic heterocycles. The van der Waals surface area contributed by atoms with Gasteiger partial charge in [0.25, 0.3) is 5.56 Å². The van der Waals surface area contributed by atoms with Gasteiger partial charge in [0.1, 0.15) is 16.9 Å². The summed E-state index contributed by atoms with van der Waals surface area (Å²) in [5, 5.41) is 15.7. The van der Waals surface area contributed by atoms with Crippen LogP contribution in [0.5, 0.6) is 0 Å². The number of nitrogens with zero attached hydrogens (tertiary/aromatic N) is 3. The first kappa shape index (κ1) is 24.8. The molecule has 0 saturated carbocycles. The van der Waals surface area contributed by atoms with E-state index in [9.17, 15) is 14.9 Å². The normalized spacial score (nSPS) is 11.5. The molecular formula is C30H23N5O2S. The van der Waals surface area contributed by atoms with Gasteiger partial charge in [-0.25, -0.2) is 9.67 Å². The van der Waals surface area contributed by atoms with E-state index in [2.05, 4.69) is 16.5 Å². The lowest BCUT2D eigenvalue weighted by Crippen LogP contribution is -2.23. The Morgan fingerprint density at radius 2 is 1.55 bits per heavy atom. The molecule has 3 aromatic carbocycles. The number of benzene rings is 3. The summed E-state index contributed by atoms with van der Waals surface area (Å²) in [7, 11) is 0. The molecule has 1 amide bonds. The maximum atomic E-state index is 13.1. The van der Waals surface area contributed by atoms with Gasteiger partial charge in [-0.1, -0.05) is 90.6 Å². The molecule has 0 aliphatic rings. The van der Waals surface area contributed by atoms with Crippen LogP contribution in [0.15, 0.2) is 113 Å². The van der Waals surface area contributed by atoms with E-state index in [1.54, 1.807) is 19.1 Å². The molecule has 38 heavy (non-hydrogen) atoms. The van der Waals surface area contributed by atoms with E-state index in [0.29, 0.717) is 22.0 Å². The molecule has 5 aromatic rings. The van der Waals surface area contributed by atoms with Gasteiger partial charge in [-0.2, -0.15) is 5.26 Å². The number of H-pyrrole nitrogens is 1. The van der Waals surface area contributed by atoms with Crippen molar-refractivity contribution < 1.29 is 4.79 Å². The Bertz CT molecular complexity index is 1670. The van der Waals surface area contributed by atoms with Gasteiger partial charge >= 0.3 is 0 Å². The lowest BCUT2D eigenvalue weighted by Gasteiger charge is -2.15. The fraction of sp³-hybridized carbons (Fsp3) is 0.0667. The van der Waals surface area contributed by atoms with Crippen molar-refractivity contribution in [3.63, 3.8) is 0 Å². The first-order chi connectivity index (χ1) is 18.5. The van der Waals surface area contributed by atoms with Gasteiger partial charge in [0.05, 0.1) is 22.2 Å². The van der Waals surface area contributed by atoms with Crippen LogP contribution in [-0.4, -0.2) is 25.9 Å². The number of amides is 1. The number of rotatable bonds is 7. The van der Waals surface area contributed by atoms with Gasteiger partial charge < -0.3 is 5.32 Å². The monoisotopic (exact) mass is 517 g/mol. The zero-order valence-electron chi connectivity index (χ0n) is 20.5. The smallest absolute Gasteiger partial charge is 0.273 e. The number of pyridine rings is 1. The average molecular weight is 518 g/mol. The number of nitrogens with one attached hydrogen (secondary N) is 2. The number of nitriles is 1. The molecule has 0 fully saturated rings. The fourth-order valence-electron chi connectivity index (χ4n) is 4.00. The second kappa shape index (κ2) is 11.0. The molecular weight excluding hydrogens is 494 g/mol. The Morgan fingerprint density at radius 3 is 2.18 bits per heavy atom. The molecule has 0 aliphatic carbocycles. The Hall–Kier alpha value is -4.87. The van der Waals surface area contributed by atoms with Crippen LogP contribution in [0, 0.1) is 11.3 Å². The number of anilines is 1. The lowest BCUT2D eigenvalue weighted by atomic mass is 9.99. The number of para-hydroxylation sites is 1. The van der Waals surface area contributed by atoms with Crippen molar-refractivity contribution in [2.45, 2.75) is 17.2 Å². The van der Waals surface area contributed by atoms with Crippen LogP contribution in [0.1, 0.15) is 12.5 Å². The van der Waals surface area contributed by atoms with Crippen molar-refractivity contribution in [3.05, 3.63) is 119 Å². The van der Waals surface area contributed by atoms with Crippen molar-refractivity contribution >= 4 is 23.5 Å². The Balaban J connectivity index is 1.45. The minimum Gasteiger partial charge on any atom is -0.310 e. The van der Waals surface area contributed by atoms with E-state index < -0.39 is 5.25 Å². The second-order valence-corrected chi connectivity index (χ2v) is 9.84. The predicted molar refractivity (Wildman–Crippen MR) is 150 cm³/mol. The van der Waals surface area contributed by atoms with Crippen molar-refractivity contribution in [3.8, 4) is 34.1 Å². The van der Waals surface area contributed by atoms with Gasteiger partial charge in [-0.15, -0.1) is 0 Å². The second-order valence-electron chi connectivity index (χ2n) is 8.51. The number of hydrogen-bond acceptors (Lipinski definition) is 5. The minimum absolute atomic E-state index is 0.285. The summed E-state index contributed by atoms with van der Waals surface area (Å²) in [4.78, 5) is 30.3. The quantitative estimate of drug-likeness (QED) is 0.262. The molecule has 5 rings (SSSR count). The van der Waals surface area contributed by atoms with E-state index >= 15 is 0 Å². The summed E-state index contributed by atoms with van der Waals surface area (Å²) >= 11 is 1.20. The van der Waals surface area contributed by atoms with E-state index in [1.807, 2.05) is 84.9 Å². The highest BCUT2D eigenvalue weighted by Crippen LogP contribution is 2.35. The number of aromatic nitrogens is 3. The van der Waals surface area contributed by atoms with Crippen LogP contribution in [0.25, 0.3) is 28.1 Å². The van der Waals surface area contributed by atoms with Crippen LogP contribution in [0.3, 0.4) is 0 Å². The molecule has 0 spiro atoms. The number of carbonyl (C=O) groups is 1. The molecule has 0 aliphatic heterocycles. The number of hydrogen-bond donors (Lipinski definition) is 2. The molecule has 8 heteroatoms. The third-order valence-corrected chi connectivity index (χ3v) is 6.99. The number of thioether (sulfide) groups is 1. The third-order valence-electron chi connectivity index (χ3n) is 5.90. The van der Waals surface area contributed by atoms with E-state index in [-0.39, 0.29) is 17.3 Å². The average Bonchev–Trinajstić information content (AvgIpc) is 3.33. The zero-order chi connectivity index (χ0) is 26.5. The highest BCUT2D eigenvalue weighted by molar-refractivity contribution is 8.00. The van der Waals surface area contributed by atoms with Gasteiger partial charge in [-0.3, -0.25) is 14.7 Å². The molecule has 186 valence electrons. The summed E-state index contributed by atoms with van der Waals surface area (Å²) in [5.74, 6) is -0.0405. The summed E-state index contributed by atoms with van der Waals surface area (Å²) < 4.78 is 1.36. The molecule has 7 nitrogen and oxygen atoms in total. The van der Waals surface area contributed by atoms with E-state index in [0.717, 1.165) is 16.7 Å². The Morgan fingerprint density at radius 1 is 0.947 bits per heavy atom. The molecule has 0 saturated heterocycles. The first-order valence-electron chi connectivity index (χ1n) is 11.9. The molecule has 2 heterocycles. The maximum Gasteiger partial charge on any atom is 0.273 e. The third kappa shape index (κ3) is 5.28. The molecule has 1 unspecified atom stereocenters. The van der Waals surface area contributed by atoms with Crippen LogP contribution < -0.4 is 10.9 Å². The van der Waals surface area contributed by atoms with Crippen molar-refractivity contribution in [1.29, 1.82) is 5.26 Å². The summed E-state index contributed by atoms with van der Waals surface area (Å²) in [5.41, 5.74) is 4.04. The molecule has 2 N–H and O–H groups in total. The van der Waals surface area contributed by atoms with Gasteiger partial charge in [-0.05, 0) is 30.7 Å². The summed E-state index contributed by atoms with van der Waals surface area (Å²) in [6.45, 7) is 1.74. The van der Waals surface area contributed by atoms with E-state index in [4.69, 9.17) is 4.98 Å². The maximum absolute atomic E-state index is 13.1. The zero-order valence-corrected chi connectivity index (χ0v) is 21.3. The molecule has 0 bridgehead atoms. The molecule has 0 radical (unpaired) electrons. The van der Waals surface area contributed by atoms with Gasteiger partial charge in [0.15, 0.2) is 0 Å². The Labute approximate surface area is 223 Å².